The molecule has 0 spiro atoms. The molecule has 34 heavy (non-hydrogen) atoms. The zero-order valence-electron chi connectivity index (χ0n) is 19.9. The number of benzene rings is 2. The van der Waals surface area contributed by atoms with Crippen LogP contribution < -0.4 is 16.0 Å². The molecule has 0 bridgehead atoms. The third kappa shape index (κ3) is 5.16. The topological polar surface area (TPSA) is 91.6 Å². The van der Waals surface area contributed by atoms with Crippen molar-refractivity contribution in [1.82, 2.24) is 15.2 Å². The number of anilines is 1. The molecule has 2 heterocycles. The molecular weight excluding hydrogens is 426 g/mol. The molecule has 1 fully saturated rings. The first-order valence-corrected chi connectivity index (χ1v) is 11.5. The number of carbonyl (C=O) groups is 2. The summed E-state index contributed by atoms with van der Waals surface area (Å²) in [6.07, 6.45) is 0. The van der Waals surface area contributed by atoms with E-state index in [0.717, 1.165) is 31.9 Å². The van der Waals surface area contributed by atoms with Crippen LogP contribution in [0.5, 0.6) is 0 Å². The summed E-state index contributed by atoms with van der Waals surface area (Å²) in [6, 6.07) is 19.2. The lowest BCUT2D eigenvalue weighted by Gasteiger charge is -2.31. The Labute approximate surface area is 200 Å². The highest BCUT2D eigenvalue weighted by Crippen LogP contribution is 2.24. The van der Waals surface area contributed by atoms with Gasteiger partial charge in [0.25, 0.3) is 5.91 Å². The van der Waals surface area contributed by atoms with Crippen molar-refractivity contribution < 1.29 is 9.59 Å². The minimum atomic E-state index is -0.509. The quantitative estimate of drug-likeness (QED) is 0.593. The van der Waals surface area contributed by atoms with Gasteiger partial charge in [-0.25, -0.2) is 0 Å². The highest BCUT2D eigenvalue weighted by Gasteiger charge is 2.19. The van der Waals surface area contributed by atoms with Crippen molar-refractivity contribution in [2.75, 3.05) is 31.6 Å². The number of hydrogen-bond donors (Lipinski definition) is 2. The number of hydrogen-bond acceptors (Lipinski definition) is 5. The second-order valence-electron chi connectivity index (χ2n) is 8.86. The van der Waals surface area contributed by atoms with E-state index in [1.807, 2.05) is 18.2 Å². The first-order chi connectivity index (χ1) is 16.3. The number of pyridine rings is 1. The fourth-order valence-electron chi connectivity index (χ4n) is 4.40. The summed E-state index contributed by atoms with van der Waals surface area (Å²) in [4.78, 5) is 33.7. The number of amides is 2. The average molecular weight is 458 g/mol. The van der Waals surface area contributed by atoms with Crippen LogP contribution in [0.1, 0.15) is 38.9 Å². The van der Waals surface area contributed by atoms with E-state index in [1.54, 1.807) is 49.2 Å². The van der Waals surface area contributed by atoms with Gasteiger partial charge in [0.15, 0.2) is 0 Å². The molecule has 7 nitrogen and oxygen atoms in total. The monoisotopic (exact) mass is 457 g/mol. The van der Waals surface area contributed by atoms with E-state index in [2.05, 4.69) is 34.3 Å². The lowest BCUT2D eigenvalue weighted by molar-refractivity contribution is 0.0987. The fourth-order valence-corrected chi connectivity index (χ4v) is 4.40. The van der Waals surface area contributed by atoms with E-state index < -0.39 is 5.91 Å². The van der Waals surface area contributed by atoms with Gasteiger partial charge in [-0.2, -0.15) is 0 Å². The molecule has 3 aromatic rings. The lowest BCUT2D eigenvalue weighted by Crippen LogP contribution is -2.48. The maximum Gasteiger partial charge on any atom is 0.259 e. The van der Waals surface area contributed by atoms with Crippen LogP contribution in [0, 0.1) is 6.92 Å². The summed E-state index contributed by atoms with van der Waals surface area (Å²) < 4.78 is 0. The molecule has 1 aliphatic heterocycles. The maximum absolute atomic E-state index is 13.2. The number of aromatic nitrogens is 1. The van der Waals surface area contributed by atoms with Gasteiger partial charge in [0.2, 0.25) is 5.91 Å². The summed E-state index contributed by atoms with van der Waals surface area (Å²) in [7, 11) is 1.77. The summed E-state index contributed by atoms with van der Waals surface area (Å²) in [5.74, 6) is -0.645. The predicted octanol–water partition coefficient (Wildman–Crippen LogP) is 3.23. The van der Waals surface area contributed by atoms with Gasteiger partial charge in [0.1, 0.15) is 0 Å². The number of nitrogens with one attached hydrogen (secondary N) is 1. The second kappa shape index (κ2) is 10.2. The van der Waals surface area contributed by atoms with E-state index in [9.17, 15) is 9.59 Å². The predicted molar refractivity (Wildman–Crippen MR) is 135 cm³/mol. The number of piperazine rings is 1. The molecule has 2 amide bonds. The molecule has 7 heteroatoms. The standard InChI is InChI=1S/C27H31N5O2/c1-18-16-32(15-14-29-18)17-20-8-10-21(11-9-20)31(3)27(34)22-12-13-25(30-19(22)2)23-6-4-5-7-24(23)26(28)33/h4-13,18,29H,14-17H2,1-3H3,(H2,28,33)/t18-/m0/s1. The van der Waals surface area contributed by atoms with Gasteiger partial charge in [-0.1, -0.05) is 30.3 Å². The minimum Gasteiger partial charge on any atom is -0.366 e. The highest BCUT2D eigenvalue weighted by molar-refractivity contribution is 6.06. The Morgan fingerprint density at radius 2 is 1.82 bits per heavy atom. The largest absolute Gasteiger partial charge is 0.366 e. The molecule has 0 aliphatic carbocycles. The van der Waals surface area contributed by atoms with Crippen molar-refractivity contribution >= 4 is 17.5 Å². The van der Waals surface area contributed by atoms with Crippen LogP contribution in [-0.4, -0.2) is 54.4 Å². The third-order valence-electron chi connectivity index (χ3n) is 6.27. The number of nitrogens with two attached hydrogens (primary N) is 1. The van der Waals surface area contributed by atoms with E-state index in [-0.39, 0.29) is 5.91 Å². The van der Waals surface area contributed by atoms with E-state index >= 15 is 0 Å². The van der Waals surface area contributed by atoms with E-state index in [0.29, 0.717) is 34.1 Å². The molecule has 2 aromatic carbocycles. The average Bonchev–Trinajstić information content (AvgIpc) is 2.83. The van der Waals surface area contributed by atoms with Gasteiger partial charge in [0.05, 0.1) is 17.0 Å². The highest BCUT2D eigenvalue weighted by atomic mass is 16.2. The van der Waals surface area contributed by atoms with Crippen LogP contribution in [0.4, 0.5) is 5.69 Å². The van der Waals surface area contributed by atoms with Crippen LogP contribution in [-0.2, 0) is 6.54 Å². The molecule has 0 saturated carbocycles. The first-order valence-electron chi connectivity index (χ1n) is 11.5. The minimum absolute atomic E-state index is 0.136. The van der Waals surface area contributed by atoms with Gasteiger partial charge in [-0.3, -0.25) is 19.5 Å². The Balaban J connectivity index is 1.49. The second-order valence-corrected chi connectivity index (χ2v) is 8.86. The Morgan fingerprint density at radius 3 is 2.50 bits per heavy atom. The number of rotatable bonds is 6. The summed E-state index contributed by atoms with van der Waals surface area (Å²) in [5.41, 5.74) is 10.3. The van der Waals surface area contributed by atoms with Crippen LogP contribution in [0.15, 0.2) is 60.7 Å². The Hall–Kier alpha value is -3.55. The Bertz CT molecular complexity index is 1190. The van der Waals surface area contributed by atoms with Crippen molar-refractivity contribution in [1.29, 1.82) is 0 Å². The molecule has 1 atom stereocenters. The molecule has 3 N–H and O–H groups in total. The molecule has 176 valence electrons. The smallest absolute Gasteiger partial charge is 0.259 e. The van der Waals surface area contributed by atoms with Gasteiger partial charge < -0.3 is 16.0 Å². The number of nitrogens with zero attached hydrogens (tertiary/aromatic N) is 3. The van der Waals surface area contributed by atoms with E-state index in [4.69, 9.17) is 5.73 Å². The SMILES string of the molecule is Cc1nc(-c2ccccc2C(N)=O)ccc1C(=O)N(C)c1ccc(CN2CCN[C@@H](C)C2)cc1. The Morgan fingerprint density at radius 1 is 1.09 bits per heavy atom. The molecule has 1 aromatic heterocycles. The maximum atomic E-state index is 13.2. The van der Waals surface area contributed by atoms with Gasteiger partial charge in [0, 0.05) is 56.1 Å². The van der Waals surface area contributed by atoms with Crippen molar-refractivity contribution in [3.63, 3.8) is 0 Å². The fraction of sp³-hybridized carbons (Fsp3) is 0.296. The molecular formula is C27H31N5O2. The number of carbonyl (C=O) groups excluding carboxylic acids is 2. The van der Waals surface area contributed by atoms with Crippen molar-refractivity contribution in [2.24, 2.45) is 5.73 Å². The van der Waals surface area contributed by atoms with Crippen molar-refractivity contribution in [3.8, 4) is 11.3 Å². The molecule has 0 radical (unpaired) electrons. The van der Waals surface area contributed by atoms with Crippen LogP contribution >= 0.6 is 0 Å². The van der Waals surface area contributed by atoms with Crippen molar-refractivity contribution in [2.45, 2.75) is 26.4 Å². The van der Waals surface area contributed by atoms with Crippen LogP contribution in [0.3, 0.4) is 0 Å². The summed E-state index contributed by atoms with van der Waals surface area (Å²) in [6.45, 7) is 7.99. The first kappa shape index (κ1) is 23.6. The molecule has 0 unspecified atom stereocenters. The van der Waals surface area contributed by atoms with Gasteiger partial charge >= 0.3 is 0 Å². The number of primary amides is 1. The third-order valence-corrected chi connectivity index (χ3v) is 6.27. The van der Waals surface area contributed by atoms with Gasteiger partial charge in [-0.15, -0.1) is 0 Å². The summed E-state index contributed by atoms with van der Waals surface area (Å²) in [5, 5.41) is 3.46. The molecule has 1 aliphatic rings. The lowest BCUT2D eigenvalue weighted by atomic mass is 10.0. The number of aryl methyl sites for hydroxylation is 1. The van der Waals surface area contributed by atoms with Crippen molar-refractivity contribution in [3.05, 3.63) is 83.0 Å². The zero-order valence-corrected chi connectivity index (χ0v) is 19.9. The van der Waals surface area contributed by atoms with Crippen LogP contribution in [0.2, 0.25) is 0 Å². The van der Waals surface area contributed by atoms with Gasteiger partial charge in [-0.05, 0) is 49.7 Å². The Kier molecular flexibility index (Phi) is 7.05. The summed E-state index contributed by atoms with van der Waals surface area (Å²) >= 11 is 0. The zero-order chi connectivity index (χ0) is 24.2. The molecule has 4 rings (SSSR count). The normalized spacial score (nSPS) is 16.3. The van der Waals surface area contributed by atoms with E-state index in [1.165, 1.54) is 5.56 Å². The van der Waals surface area contributed by atoms with Crippen LogP contribution in [0.25, 0.3) is 11.3 Å². The molecule has 1 saturated heterocycles.